The number of sulfone groups is 1. The van der Waals surface area contributed by atoms with Gasteiger partial charge in [0.25, 0.3) is 0 Å². The van der Waals surface area contributed by atoms with Crippen molar-refractivity contribution < 1.29 is 26.3 Å². The van der Waals surface area contributed by atoms with Gasteiger partial charge in [-0.25, -0.2) is 13.4 Å². The predicted octanol–water partition coefficient (Wildman–Crippen LogP) is 1.88. The summed E-state index contributed by atoms with van der Waals surface area (Å²) in [5.41, 5.74) is 0.921. The first-order valence-electron chi connectivity index (χ1n) is 7.94. The highest BCUT2D eigenvalue weighted by Crippen LogP contribution is 2.25. The number of aromatic amines is 1. The molecule has 1 heterocycles. The molecule has 0 aliphatic rings. The molecule has 0 aliphatic carbocycles. The van der Waals surface area contributed by atoms with Crippen molar-refractivity contribution in [2.45, 2.75) is 26.3 Å². The molecular formula is C16H19F3N3O3PS. The van der Waals surface area contributed by atoms with E-state index in [1.165, 1.54) is 12.1 Å². The number of nitrogens with zero attached hydrogens (tertiary/aromatic N) is 1. The molecule has 0 saturated carbocycles. The molecule has 11 heteroatoms. The van der Waals surface area contributed by atoms with Crippen LogP contribution in [0.1, 0.15) is 19.2 Å². The van der Waals surface area contributed by atoms with Gasteiger partial charge in [0.2, 0.25) is 0 Å². The first-order valence-corrected chi connectivity index (χ1v) is 10.3. The number of hydrogen-bond donors (Lipinski definition) is 2. The zero-order valence-electron chi connectivity index (χ0n) is 14.5. The summed E-state index contributed by atoms with van der Waals surface area (Å²) in [4.78, 5) is 7.22. The van der Waals surface area contributed by atoms with E-state index in [0.29, 0.717) is 36.4 Å². The molecular weight excluding hydrogens is 402 g/mol. The summed E-state index contributed by atoms with van der Waals surface area (Å²) >= 11 is 0. The SMILES string of the molecule is CC#CCS(=O)(=O)CCCNCc1nc2cc(OC(F)(F)F)c(P)cc2[nH]1. The van der Waals surface area contributed by atoms with Gasteiger partial charge in [-0.05, 0) is 26.0 Å². The number of benzene rings is 1. The normalized spacial score (nSPS) is 12.0. The first kappa shape index (κ1) is 21.5. The molecule has 27 heavy (non-hydrogen) atoms. The van der Waals surface area contributed by atoms with Gasteiger partial charge in [0.05, 0.1) is 23.3 Å². The topological polar surface area (TPSA) is 84.1 Å². The fourth-order valence-electron chi connectivity index (χ4n) is 2.28. The van der Waals surface area contributed by atoms with Crippen LogP contribution in [-0.4, -0.2) is 42.8 Å². The highest BCUT2D eigenvalue weighted by molar-refractivity contribution is 7.91. The number of hydrogen-bond acceptors (Lipinski definition) is 5. The summed E-state index contributed by atoms with van der Waals surface area (Å²) in [5, 5.41) is 3.30. The number of alkyl halides is 3. The van der Waals surface area contributed by atoms with E-state index in [0.717, 1.165) is 0 Å². The van der Waals surface area contributed by atoms with E-state index in [1.807, 2.05) is 0 Å². The molecule has 1 aromatic carbocycles. The molecule has 1 aromatic heterocycles. The van der Waals surface area contributed by atoms with Gasteiger partial charge >= 0.3 is 6.36 Å². The third-order valence-corrected chi connectivity index (χ3v) is 5.40. The zero-order chi connectivity index (χ0) is 20.1. The molecule has 1 unspecified atom stereocenters. The lowest BCUT2D eigenvalue weighted by atomic mass is 10.3. The van der Waals surface area contributed by atoms with E-state index in [4.69, 9.17) is 0 Å². The van der Waals surface area contributed by atoms with Gasteiger partial charge in [0.15, 0.2) is 9.84 Å². The van der Waals surface area contributed by atoms with E-state index < -0.39 is 16.2 Å². The van der Waals surface area contributed by atoms with Crippen LogP contribution in [0, 0.1) is 11.8 Å². The molecule has 0 fully saturated rings. The van der Waals surface area contributed by atoms with E-state index >= 15 is 0 Å². The van der Waals surface area contributed by atoms with Crippen molar-refractivity contribution in [3.05, 3.63) is 18.0 Å². The number of nitrogens with one attached hydrogen (secondary N) is 2. The number of aromatic nitrogens is 2. The molecule has 0 spiro atoms. The smallest absolute Gasteiger partial charge is 0.405 e. The second-order valence-electron chi connectivity index (χ2n) is 5.69. The van der Waals surface area contributed by atoms with Crippen LogP contribution in [0.2, 0.25) is 0 Å². The average molecular weight is 421 g/mol. The lowest BCUT2D eigenvalue weighted by Crippen LogP contribution is -2.19. The molecule has 2 aromatic rings. The second kappa shape index (κ2) is 8.91. The monoisotopic (exact) mass is 421 g/mol. The minimum absolute atomic E-state index is 0.0311. The van der Waals surface area contributed by atoms with E-state index in [9.17, 15) is 21.6 Å². The largest absolute Gasteiger partial charge is 0.573 e. The number of H-pyrrole nitrogens is 1. The molecule has 0 aliphatic heterocycles. The Morgan fingerprint density at radius 1 is 1.37 bits per heavy atom. The van der Waals surface area contributed by atoms with E-state index in [2.05, 4.69) is 41.1 Å². The van der Waals surface area contributed by atoms with Crippen molar-refractivity contribution in [2.75, 3.05) is 18.1 Å². The molecule has 2 rings (SSSR count). The minimum atomic E-state index is -4.78. The van der Waals surface area contributed by atoms with Gasteiger partial charge in [-0.2, -0.15) is 0 Å². The van der Waals surface area contributed by atoms with Crippen LogP contribution >= 0.6 is 9.24 Å². The lowest BCUT2D eigenvalue weighted by molar-refractivity contribution is -0.274. The Morgan fingerprint density at radius 2 is 2.11 bits per heavy atom. The van der Waals surface area contributed by atoms with Gasteiger partial charge in [-0.15, -0.1) is 28.3 Å². The van der Waals surface area contributed by atoms with Gasteiger partial charge in [-0.3, -0.25) is 0 Å². The standard InChI is InChI=1S/C16H19F3N3O3PS/c1-2-3-6-27(23,24)7-4-5-20-10-15-21-11-8-13(25-16(17,18)19)14(26)9-12(11)22-15/h8-9,20H,4-7,10,26H2,1H3,(H,21,22). The number of fused-ring (bicyclic) bond motifs is 1. The molecule has 0 amide bonds. The molecule has 0 bridgehead atoms. The van der Waals surface area contributed by atoms with Crippen LogP contribution in [0.4, 0.5) is 13.2 Å². The highest BCUT2D eigenvalue weighted by atomic mass is 32.2. The summed E-state index contributed by atoms with van der Waals surface area (Å²) in [7, 11) is -0.988. The van der Waals surface area contributed by atoms with Gasteiger partial charge in [-0.1, -0.05) is 5.92 Å². The average Bonchev–Trinajstić information content (AvgIpc) is 2.93. The number of imidazole rings is 1. The Bertz CT molecular complexity index is 962. The highest BCUT2D eigenvalue weighted by Gasteiger charge is 2.32. The van der Waals surface area contributed by atoms with Crippen molar-refractivity contribution in [3.8, 4) is 17.6 Å². The zero-order valence-corrected chi connectivity index (χ0v) is 16.5. The third-order valence-electron chi connectivity index (χ3n) is 3.46. The van der Waals surface area contributed by atoms with Crippen LogP contribution in [0.25, 0.3) is 11.0 Å². The van der Waals surface area contributed by atoms with Crippen LogP contribution in [0.5, 0.6) is 5.75 Å². The minimum Gasteiger partial charge on any atom is -0.405 e. The maximum Gasteiger partial charge on any atom is 0.573 e. The Morgan fingerprint density at radius 3 is 2.78 bits per heavy atom. The van der Waals surface area contributed by atoms with E-state index in [-0.39, 0.29) is 22.6 Å². The summed E-state index contributed by atoms with van der Waals surface area (Å²) in [6, 6.07) is 2.71. The number of ether oxygens (including phenoxy) is 1. The number of rotatable bonds is 8. The lowest BCUT2D eigenvalue weighted by Gasteiger charge is -2.10. The fraction of sp³-hybridized carbons (Fsp3) is 0.438. The van der Waals surface area contributed by atoms with Crippen LogP contribution < -0.4 is 15.4 Å². The first-order chi connectivity index (χ1) is 12.6. The summed E-state index contributed by atoms with van der Waals surface area (Å²) in [6.45, 7) is 2.36. The quantitative estimate of drug-likeness (QED) is 0.386. The Labute approximate surface area is 157 Å². The van der Waals surface area contributed by atoms with Crippen molar-refractivity contribution in [3.63, 3.8) is 0 Å². The summed E-state index contributed by atoms with van der Waals surface area (Å²) in [5.74, 6) is 5.17. The van der Waals surface area contributed by atoms with Crippen LogP contribution in [-0.2, 0) is 16.4 Å². The van der Waals surface area contributed by atoms with E-state index in [1.54, 1.807) is 6.92 Å². The molecule has 6 nitrogen and oxygen atoms in total. The Hall–Kier alpha value is -1.82. The fourth-order valence-corrected chi connectivity index (χ4v) is 3.68. The number of halogens is 3. The van der Waals surface area contributed by atoms with Gasteiger partial charge in [0, 0.05) is 11.4 Å². The van der Waals surface area contributed by atoms with Gasteiger partial charge in [0.1, 0.15) is 17.3 Å². The van der Waals surface area contributed by atoms with Crippen molar-refractivity contribution in [1.29, 1.82) is 0 Å². The summed E-state index contributed by atoms with van der Waals surface area (Å²) in [6.07, 6.45) is -4.35. The molecule has 0 saturated heterocycles. The van der Waals surface area contributed by atoms with Crippen molar-refractivity contribution >= 4 is 35.4 Å². The van der Waals surface area contributed by atoms with Crippen LogP contribution in [0.3, 0.4) is 0 Å². The molecule has 0 radical (unpaired) electrons. The third kappa shape index (κ3) is 7.01. The predicted molar refractivity (Wildman–Crippen MR) is 101 cm³/mol. The molecule has 1 atom stereocenters. The Balaban J connectivity index is 1.91. The van der Waals surface area contributed by atoms with Gasteiger partial charge < -0.3 is 15.0 Å². The second-order valence-corrected chi connectivity index (χ2v) is 8.49. The maximum absolute atomic E-state index is 12.4. The van der Waals surface area contributed by atoms with Crippen molar-refractivity contribution in [2.24, 2.45) is 0 Å². The maximum atomic E-state index is 12.4. The van der Waals surface area contributed by atoms with Crippen LogP contribution in [0.15, 0.2) is 12.1 Å². The molecule has 148 valence electrons. The summed E-state index contributed by atoms with van der Waals surface area (Å²) < 4.78 is 64.5. The Kier molecular flexibility index (Phi) is 7.09. The van der Waals surface area contributed by atoms with Crippen molar-refractivity contribution in [1.82, 2.24) is 15.3 Å². The molecule has 2 N–H and O–H groups in total.